The first-order valence-electron chi connectivity index (χ1n) is 8.74. The Labute approximate surface area is 153 Å². The molecule has 5 heteroatoms. The normalized spacial score (nSPS) is 13.5. The predicted octanol–water partition coefficient (Wildman–Crippen LogP) is 3.35. The van der Waals surface area contributed by atoms with Crippen LogP contribution < -0.4 is 0 Å². The lowest BCUT2D eigenvalue weighted by Crippen LogP contribution is -2.15. The largest absolute Gasteiger partial charge is 0.382 e. The van der Waals surface area contributed by atoms with E-state index in [1.807, 2.05) is 79.1 Å². The molecule has 0 bridgehead atoms. The third kappa shape index (κ3) is 3.70. The van der Waals surface area contributed by atoms with Gasteiger partial charge in [0, 0.05) is 6.61 Å². The van der Waals surface area contributed by atoms with Crippen molar-refractivity contribution in [2.24, 2.45) is 0 Å². The summed E-state index contributed by atoms with van der Waals surface area (Å²) >= 11 is 0. The zero-order chi connectivity index (χ0) is 18.5. The molecule has 2 unspecified atom stereocenters. The molecule has 26 heavy (non-hydrogen) atoms. The summed E-state index contributed by atoms with van der Waals surface area (Å²) in [4.78, 5) is 4.56. The van der Waals surface area contributed by atoms with E-state index < -0.39 is 12.2 Å². The van der Waals surface area contributed by atoms with Crippen LogP contribution in [0.3, 0.4) is 0 Å². The average molecular weight is 352 g/mol. The summed E-state index contributed by atoms with van der Waals surface area (Å²) in [5.41, 5.74) is 2.48. The molecule has 2 atom stereocenters. The molecule has 136 valence electrons. The zero-order valence-electron chi connectivity index (χ0n) is 15.0. The van der Waals surface area contributed by atoms with E-state index in [1.165, 1.54) is 0 Å². The standard InChI is InChI=1S/C21H24N2O3/c1-3-26-14-23-15(2)22-18(20(24)16-10-6-4-7-11-16)19(23)21(25)17-12-8-5-9-13-17/h4-13,20-21,24-25H,3,14H2,1-2H3. The van der Waals surface area contributed by atoms with Crippen molar-refractivity contribution in [2.45, 2.75) is 32.8 Å². The second kappa shape index (κ2) is 8.27. The van der Waals surface area contributed by atoms with Crippen molar-refractivity contribution in [2.75, 3.05) is 6.61 Å². The molecular formula is C21H24N2O3. The average Bonchev–Trinajstić information content (AvgIpc) is 3.02. The van der Waals surface area contributed by atoms with Crippen LogP contribution in [0.5, 0.6) is 0 Å². The van der Waals surface area contributed by atoms with Gasteiger partial charge in [-0.3, -0.25) is 0 Å². The number of aliphatic hydroxyl groups excluding tert-OH is 2. The molecule has 1 heterocycles. The maximum atomic E-state index is 11.0. The Balaban J connectivity index is 2.09. The molecule has 0 radical (unpaired) electrons. The lowest BCUT2D eigenvalue weighted by Gasteiger charge is -2.19. The molecule has 0 saturated heterocycles. The van der Waals surface area contributed by atoms with Crippen LogP contribution in [-0.2, 0) is 11.5 Å². The lowest BCUT2D eigenvalue weighted by molar-refractivity contribution is 0.0779. The Kier molecular flexibility index (Phi) is 5.83. The topological polar surface area (TPSA) is 67.5 Å². The van der Waals surface area contributed by atoms with Crippen LogP contribution in [0.25, 0.3) is 0 Å². The molecule has 0 spiro atoms. The van der Waals surface area contributed by atoms with E-state index in [4.69, 9.17) is 4.74 Å². The predicted molar refractivity (Wildman–Crippen MR) is 99.6 cm³/mol. The highest BCUT2D eigenvalue weighted by Crippen LogP contribution is 2.32. The quantitative estimate of drug-likeness (QED) is 0.684. The maximum Gasteiger partial charge on any atom is 0.124 e. The van der Waals surface area contributed by atoms with E-state index in [0.29, 0.717) is 23.8 Å². The van der Waals surface area contributed by atoms with Crippen LogP contribution in [0.2, 0.25) is 0 Å². The molecule has 0 saturated carbocycles. The molecule has 0 aliphatic carbocycles. The van der Waals surface area contributed by atoms with Crippen LogP contribution in [0.1, 0.15) is 47.5 Å². The number of rotatable bonds is 7. The first-order valence-corrected chi connectivity index (χ1v) is 8.74. The minimum absolute atomic E-state index is 0.274. The van der Waals surface area contributed by atoms with Gasteiger partial charge in [-0.1, -0.05) is 60.7 Å². The second-order valence-corrected chi connectivity index (χ2v) is 6.11. The van der Waals surface area contributed by atoms with Gasteiger partial charge in [0.2, 0.25) is 0 Å². The summed E-state index contributed by atoms with van der Waals surface area (Å²) in [6, 6.07) is 18.7. The van der Waals surface area contributed by atoms with E-state index in [2.05, 4.69) is 4.98 Å². The monoisotopic (exact) mass is 352 g/mol. The Morgan fingerprint density at radius 1 is 0.923 bits per heavy atom. The Hall–Kier alpha value is -2.47. The Morgan fingerprint density at radius 2 is 1.46 bits per heavy atom. The Bertz CT molecular complexity index is 831. The fraction of sp³-hybridized carbons (Fsp3) is 0.286. The van der Waals surface area contributed by atoms with Gasteiger partial charge in [0.05, 0.1) is 11.4 Å². The fourth-order valence-corrected chi connectivity index (χ4v) is 3.03. The first kappa shape index (κ1) is 18.3. The lowest BCUT2D eigenvalue weighted by atomic mass is 9.99. The van der Waals surface area contributed by atoms with Gasteiger partial charge >= 0.3 is 0 Å². The summed E-state index contributed by atoms with van der Waals surface area (Å²) < 4.78 is 7.38. The minimum Gasteiger partial charge on any atom is -0.382 e. The van der Waals surface area contributed by atoms with E-state index >= 15 is 0 Å². The van der Waals surface area contributed by atoms with Gasteiger partial charge in [0.15, 0.2) is 0 Å². The van der Waals surface area contributed by atoms with Crippen molar-refractivity contribution in [3.05, 3.63) is 89.0 Å². The van der Waals surface area contributed by atoms with Crippen LogP contribution >= 0.6 is 0 Å². The highest BCUT2D eigenvalue weighted by molar-refractivity contribution is 5.35. The first-order chi connectivity index (χ1) is 12.6. The molecule has 0 aliphatic rings. The van der Waals surface area contributed by atoms with E-state index in [9.17, 15) is 10.2 Å². The summed E-state index contributed by atoms with van der Waals surface area (Å²) in [7, 11) is 0. The summed E-state index contributed by atoms with van der Waals surface area (Å²) in [6.07, 6.45) is -1.84. The SMILES string of the molecule is CCOCn1c(C)nc(C(O)c2ccccc2)c1C(O)c1ccccc1. The molecule has 3 rings (SSSR count). The van der Waals surface area contributed by atoms with E-state index in [1.54, 1.807) is 0 Å². The third-order valence-corrected chi connectivity index (χ3v) is 4.40. The van der Waals surface area contributed by atoms with Gasteiger partial charge in [-0.15, -0.1) is 0 Å². The van der Waals surface area contributed by atoms with Crippen LogP contribution in [0.4, 0.5) is 0 Å². The molecule has 5 nitrogen and oxygen atoms in total. The highest BCUT2D eigenvalue weighted by atomic mass is 16.5. The van der Waals surface area contributed by atoms with Gasteiger partial charge in [-0.2, -0.15) is 0 Å². The van der Waals surface area contributed by atoms with Gasteiger partial charge < -0.3 is 19.5 Å². The number of benzene rings is 2. The van der Waals surface area contributed by atoms with Crippen molar-refractivity contribution < 1.29 is 14.9 Å². The number of imidazole rings is 1. The van der Waals surface area contributed by atoms with Crippen molar-refractivity contribution in [3.63, 3.8) is 0 Å². The number of hydrogen-bond donors (Lipinski definition) is 2. The maximum absolute atomic E-state index is 11.0. The van der Waals surface area contributed by atoms with Crippen LogP contribution in [0, 0.1) is 6.92 Å². The van der Waals surface area contributed by atoms with Gasteiger partial charge in [-0.25, -0.2) is 4.98 Å². The van der Waals surface area contributed by atoms with Crippen molar-refractivity contribution in [1.29, 1.82) is 0 Å². The minimum atomic E-state index is -0.925. The second-order valence-electron chi connectivity index (χ2n) is 6.11. The molecule has 2 aromatic carbocycles. The number of nitrogens with zero attached hydrogens (tertiary/aromatic N) is 2. The third-order valence-electron chi connectivity index (χ3n) is 4.40. The van der Waals surface area contributed by atoms with Gasteiger partial charge in [-0.05, 0) is 25.0 Å². The zero-order valence-corrected chi connectivity index (χ0v) is 15.0. The molecule has 3 aromatic rings. The van der Waals surface area contributed by atoms with Gasteiger partial charge in [0.1, 0.15) is 24.8 Å². The van der Waals surface area contributed by atoms with Crippen LogP contribution in [-0.4, -0.2) is 26.4 Å². The molecule has 1 aromatic heterocycles. The summed E-state index contributed by atoms with van der Waals surface area (Å²) in [6.45, 7) is 4.59. The van der Waals surface area contributed by atoms with Crippen molar-refractivity contribution in [3.8, 4) is 0 Å². The number of aliphatic hydroxyl groups is 2. The molecule has 0 aliphatic heterocycles. The number of hydrogen-bond acceptors (Lipinski definition) is 4. The highest BCUT2D eigenvalue weighted by Gasteiger charge is 2.27. The molecular weight excluding hydrogens is 328 g/mol. The molecule has 0 amide bonds. The Morgan fingerprint density at radius 3 is 2.00 bits per heavy atom. The summed E-state index contributed by atoms with van der Waals surface area (Å²) in [5, 5.41) is 21.9. The molecule has 0 fully saturated rings. The van der Waals surface area contributed by atoms with Gasteiger partial charge in [0.25, 0.3) is 0 Å². The fourth-order valence-electron chi connectivity index (χ4n) is 3.03. The summed E-state index contributed by atoms with van der Waals surface area (Å²) in [5.74, 6) is 0.688. The smallest absolute Gasteiger partial charge is 0.124 e. The van der Waals surface area contributed by atoms with Crippen LogP contribution in [0.15, 0.2) is 60.7 Å². The number of ether oxygens (including phenoxy) is 1. The molecule has 2 N–H and O–H groups in total. The van der Waals surface area contributed by atoms with E-state index in [0.717, 1.165) is 11.1 Å². The van der Waals surface area contributed by atoms with E-state index in [-0.39, 0.29) is 6.73 Å². The van der Waals surface area contributed by atoms with Crippen molar-refractivity contribution in [1.82, 2.24) is 9.55 Å². The number of aryl methyl sites for hydroxylation is 1. The van der Waals surface area contributed by atoms with Crippen molar-refractivity contribution >= 4 is 0 Å². The number of aromatic nitrogens is 2.